The van der Waals surface area contributed by atoms with Gasteiger partial charge in [0.25, 0.3) is 0 Å². The molecular formula is C19H21NO. The van der Waals surface area contributed by atoms with Crippen LogP contribution in [0.15, 0.2) is 79.4 Å². The predicted octanol–water partition coefficient (Wildman–Crippen LogP) is 4.44. The Hall–Kier alpha value is -2.48. The van der Waals surface area contributed by atoms with Crippen molar-refractivity contribution < 1.29 is 4.74 Å². The molecule has 0 aromatic heterocycles. The number of hydrogen-bond donors (Lipinski definition) is 0. The van der Waals surface area contributed by atoms with E-state index < -0.39 is 0 Å². The molecule has 0 fully saturated rings. The van der Waals surface area contributed by atoms with Crippen molar-refractivity contribution in [2.75, 3.05) is 18.6 Å². The van der Waals surface area contributed by atoms with Crippen molar-refractivity contribution in [1.82, 2.24) is 0 Å². The van der Waals surface area contributed by atoms with Gasteiger partial charge in [0, 0.05) is 24.8 Å². The Morgan fingerprint density at radius 1 is 1.14 bits per heavy atom. The summed E-state index contributed by atoms with van der Waals surface area (Å²) < 4.78 is 5.32. The Bertz CT molecular complexity index is 604. The number of methoxy groups -OCH3 is 1. The minimum Gasteiger partial charge on any atom is -0.497 e. The van der Waals surface area contributed by atoms with Crippen molar-refractivity contribution in [1.29, 1.82) is 0 Å². The number of hydrogen-bond acceptors (Lipinski definition) is 2. The smallest absolute Gasteiger partial charge is 0.120 e. The van der Waals surface area contributed by atoms with Crippen LogP contribution in [0.25, 0.3) is 0 Å². The molecule has 0 aliphatic heterocycles. The molecule has 0 saturated carbocycles. The standard InChI is InChI=1S/C19H21NO/c1-4-16(2)14-20(15-17-9-6-5-7-10-17)18-11-8-12-19(13-18)21-3/h4-13H,1-2,14-15H2,3H3. The van der Waals surface area contributed by atoms with Crippen molar-refractivity contribution in [2.45, 2.75) is 6.54 Å². The van der Waals surface area contributed by atoms with Crippen molar-refractivity contribution in [3.63, 3.8) is 0 Å². The number of rotatable bonds is 7. The van der Waals surface area contributed by atoms with Crippen molar-refractivity contribution in [2.24, 2.45) is 0 Å². The number of anilines is 1. The normalized spacial score (nSPS) is 9.95. The molecule has 0 unspecified atom stereocenters. The molecule has 108 valence electrons. The summed E-state index contributed by atoms with van der Waals surface area (Å²) in [6, 6.07) is 18.5. The molecule has 0 amide bonds. The molecule has 2 nitrogen and oxygen atoms in total. The monoisotopic (exact) mass is 279 g/mol. The molecule has 0 aliphatic carbocycles. The van der Waals surface area contributed by atoms with Gasteiger partial charge in [-0.25, -0.2) is 0 Å². The second kappa shape index (κ2) is 7.34. The Kier molecular flexibility index (Phi) is 5.22. The van der Waals surface area contributed by atoms with Gasteiger partial charge in [-0.05, 0) is 23.3 Å². The van der Waals surface area contributed by atoms with Crippen LogP contribution in [-0.2, 0) is 6.54 Å². The van der Waals surface area contributed by atoms with Gasteiger partial charge in [0.1, 0.15) is 5.75 Å². The maximum absolute atomic E-state index is 5.32. The number of ether oxygens (including phenoxy) is 1. The third-order valence-electron chi connectivity index (χ3n) is 3.32. The summed E-state index contributed by atoms with van der Waals surface area (Å²) >= 11 is 0. The lowest BCUT2D eigenvalue weighted by Crippen LogP contribution is -2.24. The van der Waals surface area contributed by atoms with Gasteiger partial charge >= 0.3 is 0 Å². The molecule has 2 aromatic carbocycles. The van der Waals surface area contributed by atoms with Crippen LogP contribution < -0.4 is 9.64 Å². The fraction of sp³-hybridized carbons (Fsp3) is 0.158. The third kappa shape index (κ3) is 4.25. The summed E-state index contributed by atoms with van der Waals surface area (Å²) in [5.41, 5.74) is 3.37. The summed E-state index contributed by atoms with van der Waals surface area (Å²) in [6.45, 7) is 9.39. The van der Waals surface area contributed by atoms with E-state index in [0.717, 1.165) is 30.1 Å². The van der Waals surface area contributed by atoms with E-state index in [1.54, 1.807) is 13.2 Å². The van der Waals surface area contributed by atoms with Crippen LogP contribution in [0.2, 0.25) is 0 Å². The van der Waals surface area contributed by atoms with Crippen LogP contribution >= 0.6 is 0 Å². The van der Waals surface area contributed by atoms with E-state index in [9.17, 15) is 0 Å². The van der Waals surface area contributed by atoms with Gasteiger partial charge in [-0.1, -0.05) is 55.6 Å². The molecule has 0 spiro atoms. The number of nitrogens with zero attached hydrogens (tertiary/aromatic N) is 1. The average Bonchev–Trinajstić information content (AvgIpc) is 2.55. The minimum atomic E-state index is 0.742. The molecule has 2 rings (SSSR count). The Labute approximate surface area is 127 Å². The Morgan fingerprint density at radius 2 is 1.90 bits per heavy atom. The molecule has 21 heavy (non-hydrogen) atoms. The van der Waals surface area contributed by atoms with Crippen LogP contribution in [0, 0.1) is 0 Å². The first-order chi connectivity index (χ1) is 10.2. The van der Waals surface area contributed by atoms with Gasteiger partial charge in [-0.3, -0.25) is 0 Å². The van der Waals surface area contributed by atoms with E-state index in [-0.39, 0.29) is 0 Å². The lowest BCUT2D eigenvalue weighted by Gasteiger charge is -2.25. The quantitative estimate of drug-likeness (QED) is 0.695. The van der Waals surface area contributed by atoms with Gasteiger partial charge in [0.05, 0.1) is 7.11 Å². The van der Waals surface area contributed by atoms with Crippen LogP contribution in [0.1, 0.15) is 5.56 Å². The summed E-state index contributed by atoms with van der Waals surface area (Å²) in [7, 11) is 1.68. The van der Waals surface area contributed by atoms with Gasteiger partial charge in [-0.15, -0.1) is 0 Å². The highest BCUT2D eigenvalue weighted by Crippen LogP contribution is 2.23. The van der Waals surface area contributed by atoms with Gasteiger partial charge in [0.2, 0.25) is 0 Å². The van der Waals surface area contributed by atoms with Crippen LogP contribution in [0.4, 0.5) is 5.69 Å². The second-order valence-electron chi connectivity index (χ2n) is 4.91. The van der Waals surface area contributed by atoms with Gasteiger partial charge in [-0.2, -0.15) is 0 Å². The SMILES string of the molecule is C=CC(=C)CN(Cc1ccccc1)c1cccc(OC)c1. The van der Waals surface area contributed by atoms with Crippen molar-refractivity contribution in [3.05, 3.63) is 85.0 Å². The highest BCUT2D eigenvalue weighted by Gasteiger charge is 2.09. The molecular weight excluding hydrogens is 258 g/mol. The predicted molar refractivity (Wildman–Crippen MR) is 89.8 cm³/mol. The molecule has 0 heterocycles. The maximum atomic E-state index is 5.32. The first-order valence-electron chi connectivity index (χ1n) is 6.96. The second-order valence-corrected chi connectivity index (χ2v) is 4.91. The van der Waals surface area contributed by atoms with Crippen LogP contribution in [0.5, 0.6) is 5.75 Å². The van der Waals surface area contributed by atoms with E-state index in [1.807, 2.05) is 24.3 Å². The van der Waals surface area contributed by atoms with E-state index >= 15 is 0 Å². The molecule has 0 radical (unpaired) electrons. The van der Waals surface area contributed by atoms with E-state index in [1.165, 1.54) is 5.56 Å². The molecule has 0 aliphatic rings. The zero-order valence-electron chi connectivity index (χ0n) is 12.5. The molecule has 2 aromatic rings. The van der Waals surface area contributed by atoms with Crippen LogP contribution in [0.3, 0.4) is 0 Å². The average molecular weight is 279 g/mol. The number of benzene rings is 2. The van der Waals surface area contributed by atoms with Crippen LogP contribution in [-0.4, -0.2) is 13.7 Å². The van der Waals surface area contributed by atoms with Gasteiger partial charge < -0.3 is 9.64 Å². The van der Waals surface area contributed by atoms with E-state index in [0.29, 0.717) is 0 Å². The summed E-state index contributed by atoms with van der Waals surface area (Å²) in [5, 5.41) is 0. The zero-order chi connectivity index (χ0) is 15.1. The molecule has 2 heteroatoms. The summed E-state index contributed by atoms with van der Waals surface area (Å²) in [4.78, 5) is 2.27. The topological polar surface area (TPSA) is 12.5 Å². The van der Waals surface area contributed by atoms with E-state index in [2.05, 4.69) is 48.4 Å². The largest absolute Gasteiger partial charge is 0.497 e. The van der Waals surface area contributed by atoms with E-state index in [4.69, 9.17) is 4.74 Å². The highest BCUT2D eigenvalue weighted by molar-refractivity contribution is 5.52. The Balaban J connectivity index is 2.26. The minimum absolute atomic E-state index is 0.742. The summed E-state index contributed by atoms with van der Waals surface area (Å²) in [6.07, 6.45) is 1.80. The summed E-state index contributed by atoms with van der Waals surface area (Å²) in [5.74, 6) is 0.856. The first-order valence-corrected chi connectivity index (χ1v) is 6.96. The molecule has 0 bridgehead atoms. The Morgan fingerprint density at radius 3 is 2.57 bits per heavy atom. The molecule has 0 saturated heterocycles. The van der Waals surface area contributed by atoms with Crippen molar-refractivity contribution >= 4 is 5.69 Å². The first kappa shape index (κ1) is 14.9. The highest BCUT2D eigenvalue weighted by atomic mass is 16.5. The van der Waals surface area contributed by atoms with Crippen molar-refractivity contribution in [3.8, 4) is 5.75 Å². The molecule has 0 atom stereocenters. The zero-order valence-corrected chi connectivity index (χ0v) is 12.5. The molecule has 0 N–H and O–H groups in total. The lowest BCUT2D eigenvalue weighted by atomic mass is 10.1. The fourth-order valence-corrected chi connectivity index (χ4v) is 2.16. The lowest BCUT2D eigenvalue weighted by molar-refractivity contribution is 0.415. The fourth-order valence-electron chi connectivity index (χ4n) is 2.16. The third-order valence-corrected chi connectivity index (χ3v) is 3.32. The van der Waals surface area contributed by atoms with Gasteiger partial charge in [0.15, 0.2) is 0 Å². The maximum Gasteiger partial charge on any atom is 0.120 e.